The zero-order valence-corrected chi connectivity index (χ0v) is 12.8. The van der Waals surface area contributed by atoms with E-state index in [1.54, 1.807) is 30.0 Å². The molecule has 21 heavy (non-hydrogen) atoms. The molecule has 0 saturated carbocycles. The molecule has 0 aliphatic carbocycles. The minimum Gasteiger partial charge on any atom is -0.491 e. The summed E-state index contributed by atoms with van der Waals surface area (Å²) in [6, 6.07) is 15.1. The highest BCUT2D eigenvalue weighted by Crippen LogP contribution is 2.26. The maximum atomic E-state index is 8.62. The lowest BCUT2D eigenvalue weighted by Crippen LogP contribution is -2.13. The van der Waals surface area contributed by atoms with Gasteiger partial charge < -0.3 is 15.7 Å². The van der Waals surface area contributed by atoms with Crippen LogP contribution in [0.15, 0.2) is 58.6 Å². The average molecular weight is 323 g/mol. The highest BCUT2D eigenvalue weighted by molar-refractivity contribution is 7.99. The number of ether oxygens (including phenoxy) is 1. The summed E-state index contributed by atoms with van der Waals surface area (Å²) in [7, 11) is 0. The van der Waals surface area contributed by atoms with Crippen LogP contribution in [0.4, 0.5) is 0 Å². The molecule has 0 amide bonds. The summed E-state index contributed by atoms with van der Waals surface area (Å²) in [5, 5.41) is 12.0. The van der Waals surface area contributed by atoms with Crippen LogP contribution >= 0.6 is 23.4 Å². The molecule has 0 heterocycles. The van der Waals surface area contributed by atoms with Gasteiger partial charge in [-0.05, 0) is 30.3 Å². The molecule has 0 aliphatic heterocycles. The van der Waals surface area contributed by atoms with Crippen LogP contribution in [0.3, 0.4) is 0 Å². The number of nitrogens with zero attached hydrogens (tertiary/aromatic N) is 1. The Balaban J connectivity index is 1.86. The van der Waals surface area contributed by atoms with E-state index in [2.05, 4.69) is 17.3 Å². The number of amidine groups is 1. The van der Waals surface area contributed by atoms with Gasteiger partial charge in [0.2, 0.25) is 0 Å². The van der Waals surface area contributed by atoms with Crippen molar-refractivity contribution < 1.29 is 9.94 Å². The molecule has 0 aromatic heterocycles. The molecule has 0 spiro atoms. The van der Waals surface area contributed by atoms with Gasteiger partial charge in [0.05, 0.1) is 11.6 Å². The molecule has 0 bridgehead atoms. The first kappa shape index (κ1) is 15.5. The largest absolute Gasteiger partial charge is 0.491 e. The Morgan fingerprint density at radius 1 is 1.24 bits per heavy atom. The maximum absolute atomic E-state index is 8.62. The number of rotatable bonds is 6. The molecule has 2 aromatic carbocycles. The highest BCUT2D eigenvalue weighted by atomic mass is 35.5. The monoisotopic (exact) mass is 322 g/mol. The first-order valence-electron chi connectivity index (χ1n) is 6.29. The number of oxime groups is 1. The first-order valence-corrected chi connectivity index (χ1v) is 7.65. The third-order valence-corrected chi connectivity index (χ3v) is 3.96. The standard InChI is InChI=1S/C15H15ClN2O2S/c16-13-10-11(15(17)18-19)6-7-14(13)20-8-9-21-12-4-2-1-3-5-12/h1-7,10,19H,8-9H2,(H2,17,18). The Hall–Kier alpha value is -1.85. The van der Waals surface area contributed by atoms with Crippen LogP contribution in [0.25, 0.3) is 0 Å². The van der Waals surface area contributed by atoms with Crippen LogP contribution in [0.1, 0.15) is 5.56 Å². The summed E-state index contributed by atoms with van der Waals surface area (Å²) in [4.78, 5) is 1.20. The van der Waals surface area contributed by atoms with Crippen molar-refractivity contribution in [1.82, 2.24) is 0 Å². The lowest BCUT2D eigenvalue weighted by Gasteiger charge is -2.09. The van der Waals surface area contributed by atoms with Crippen LogP contribution in [-0.4, -0.2) is 23.4 Å². The van der Waals surface area contributed by atoms with E-state index in [0.29, 0.717) is 22.9 Å². The molecular weight excluding hydrogens is 308 g/mol. The number of nitrogens with two attached hydrogens (primary N) is 1. The van der Waals surface area contributed by atoms with Crippen molar-refractivity contribution in [3.8, 4) is 5.75 Å². The zero-order valence-electron chi connectivity index (χ0n) is 11.2. The summed E-state index contributed by atoms with van der Waals surface area (Å²) in [5.74, 6) is 1.42. The van der Waals surface area contributed by atoms with Crippen LogP contribution in [0.5, 0.6) is 5.75 Å². The number of hydrogen-bond acceptors (Lipinski definition) is 4. The van der Waals surface area contributed by atoms with E-state index in [1.165, 1.54) is 4.90 Å². The van der Waals surface area contributed by atoms with Crippen molar-refractivity contribution in [3.63, 3.8) is 0 Å². The van der Waals surface area contributed by atoms with Crippen molar-refractivity contribution in [2.24, 2.45) is 10.9 Å². The second kappa shape index (κ2) is 7.81. The minimum atomic E-state index is 0.0167. The van der Waals surface area contributed by atoms with Crippen molar-refractivity contribution in [2.75, 3.05) is 12.4 Å². The zero-order chi connectivity index (χ0) is 15.1. The smallest absolute Gasteiger partial charge is 0.170 e. The van der Waals surface area contributed by atoms with E-state index in [9.17, 15) is 0 Å². The summed E-state index contributed by atoms with van der Waals surface area (Å²) in [6.45, 7) is 0.544. The number of halogens is 1. The molecule has 2 rings (SSSR count). The normalized spacial score (nSPS) is 11.4. The molecule has 0 fully saturated rings. The minimum absolute atomic E-state index is 0.0167. The van der Waals surface area contributed by atoms with Gasteiger partial charge in [-0.2, -0.15) is 0 Å². The molecule has 2 aromatic rings. The Morgan fingerprint density at radius 2 is 2.00 bits per heavy atom. The summed E-state index contributed by atoms with van der Waals surface area (Å²) in [6.07, 6.45) is 0. The van der Waals surface area contributed by atoms with Crippen molar-refractivity contribution in [2.45, 2.75) is 4.90 Å². The molecule has 6 heteroatoms. The Kier molecular flexibility index (Phi) is 5.78. The van der Waals surface area contributed by atoms with E-state index >= 15 is 0 Å². The van der Waals surface area contributed by atoms with Gasteiger partial charge in [0, 0.05) is 16.2 Å². The SMILES string of the molecule is NC(=NO)c1ccc(OCCSc2ccccc2)c(Cl)c1. The van der Waals surface area contributed by atoms with Gasteiger partial charge in [-0.3, -0.25) is 0 Å². The average Bonchev–Trinajstić information content (AvgIpc) is 2.53. The topological polar surface area (TPSA) is 67.8 Å². The van der Waals surface area contributed by atoms with Gasteiger partial charge in [0.25, 0.3) is 0 Å². The molecule has 4 nitrogen and oxygen atoms in total. The lowest BCUT2D eigenvalue weighted by atomic mass is 10.2. The number of hydrogen-bond donors (Lipinski definition) is 2. The van der Waals surface area contributed by atoms with Crippen LogP contribution in [0, 0.1) is 0 Å². The lowest BCUT2D eigenvalue weighted by molar-refractivity contribution is 0.318. The second-order valence-electron chi connectivity index (χ2n) is 4.14. The molecule has 0 unspecified atom stereocenters. The summed E-state index contributed by atoms with van der Waals surface area (Å²) < 4.78 is 5.63. The van der Waals surface area contributed by atoms with Crippen molar-refractivity contribution >= 4 is 29.2 Å². The molecular formula is C15H15ClN2O2S. The predicted octanol–water partition coefficient (Wildman–Crippen LogP) is 3.61. The van der Waals surface area contributed by atoms with Gasteiger partial charge in [0.1, 0.15) is 5.75 Å². The molecule has 0 aliphatic rings. The quantitative estimate of drug-likeness (QED) is 0.213. The van der Waals surface area contributed by atoms with E-state index < -0.39 is 0 Å². The summed E-state index contributed by atoms with van der Waals surface area (Å²) in [5.41, 5.74) is 6.05. The maximum Gasteiger partial charge on any atom is 0.170 e. The Labute approximate surface area is 132 Å². The first-order chi connectivity index (χ1) is 10.2. The van der Waals surface area contributed by atoms with Gasteiger partial charge >= 0.3 is 0 Å². The fraction of sp³-hybridized carbons (Fsp3) is 0.133. The third kappa shape index (κ3) is 4.58. The van der Waals surface area contributed by atoms with Gasteiger partial charge in [0.15, 0.2) is 5.84 Å². The number of benzene rings is 2. The number of thioether (sulfide) groups is 1. The van der Waals surface area contributed by atoms with E-state index in [-0.39, 0.29) is 5.84 Å². The van der Waals surface area contributed by atoms with Crippen molar-refractivity contribution in [3.05, 3.63) is 59.1 Å². The predicted molar refractivity (Wildman–Crippen MR) is 86.6 cm³/mol. The van der Waals surface area contributed by atoms with Crippen LogP contribution in [-0.2, 0) is 0 Å². The van der Waals surface area contributed by atoms with E-state index in [4.69, 9.17) is 27.3 Å². The van der Waals surface area contributed by atoms with E-state index in [1.807, 2.05) is 18.2 Å². The molecule has 3 N–H and O–H groups in total. The molecule has 0 radical (unpaired) electrons. The fourth-order valence-electron chi connectivity index (χ4n) is 1.66. The van der Waals surface area contributed by atoms with Gasteiger partial charge in [-0.1, -0.05) is 35.0 Å². The van der Waals surface area contributed by atoms with Crippen molar-refractivity contribution in [1.29, 1.82) is 0 Å². The molecule has 0 atom stereocenters. The van der Waals surface area contributed by atoms with Crippen LogP contribution in [0.2, 0.25) is 5.02 Å². The third-order valence-electron chi connectivity index (χ3n) is 2.69. The molecule has 110 valence electrons. The molecule has 0 saturated heterocycles. The Bertz CT molecular complexity index is 620. The van der Waals surface area contributed by atoms with Gasteiger partial charge in [-0.25, -0.2) is 0 Å². The van der Waals surface area contributed by atoms with Gasteiger partial charge in [-0.15, -0.1) is 11.8 Å². The summed E-state index contributed by atoms with van der Waals surface area (Å²) >= 11 is 7.82. The Morgan fingerprint density at radius 3 is 2.67 bits per heavy atom. The highest BCUT2D eigenvalue weighted by Gasteiger charge is 2.06. The van der Waals surface area contributed by atoms with E-state index in [0.717, 1.165) is 5.75 Å². The fourth-order valence-corrected chi connectivity index (χ4v) is 2.65. The van der Waals surface area contributed by atoms with Crippen LogP contribution < -0.4 is 10.5 Å². The second-order valence-corrected chi connectivity index (χ2v) is 5.72.